The van der Waals surface area contributed by atoms with Gasteiger partial charge in [-0.1, -0.05) is 146 Å². The summed E-state index contributed by atoms with van der Waals surface area (Å²) in [6, 6.07) is 63.9. The van der Waals surface area contributed by atoms with Crippen molar-refractivity contribution in [2.75, 3.05) is 0 Å². The first-order valence-electron chi connectivity index (χ1n) is 17.3. The number of rotatable bonds is 4. The Balaban J connectivity index is 1.07. The molecule has 0 aliphatic heterocycles. The Morgan fingerprint density at radius 2 is 0.880 bits per heavy atom. The molecule has 234 valence electrons. The Morgan fingerprint density at radius 3 is 1.60 bits per heavy atom. The van der Waals surface area contributed by atoms with E-state index in [0.717, 1.165) is 33.1 Å². The van der Waals surface area contributed by atoms with Crippen molar-refractivity contribution in [2.45, 2.75) is 6.92 Å². The highest BCUT2D eigenvalue weighted by Crippen LogP contribution is 2.44. The van der Waals surface area contributed by atoms with E-state index < -0.39 is 0 Å². The zero-order valence-corrected chi connectivity index (χ0v) is 27.7. The van der Waals surface area contributed by atoms with Crippen LogP contribution in [0.25, 0.3) is 98.8 Å². The third-order valence-corrected chi connectivity index (χ3v) is 10.4. The molecule has 0 aliphatic rings. The predicted molar refractivity (Wildman–Crippen MR) is 213 cm³/mol. The summed E-state index contributed by atoms with van der Waals surface area (Å²) >= 11 is 0. The number of benzene rings is 9. The highest BCUT2D eigenvalue weighted by molar-refractivity contribution is 6.21. The van der Waals surface area contributed by atoms with Gasteiger partial charge in [-0.25, -0.2) is 0 Å². The Morgan fingerprint density at radius 1 is 0.320 bits per heavy atom. The molecule has 1 aromatic heterocycles. The van der Waals surface area contributed by atoms with E-state index in [9.17, 15) is 0 Å². The summed E-state index contributed by atoms with van der Waals surface area (Å²) in [5, 5.41) is 9.85. The molecule has 9 aromatic carbocycles. The van der Waals surface area contributed by atoms with Crippen molar-refractivity contribution in [3.63, 3.8) is 0 Å². The number of fused-ring (bicyclic) bond motifs is 6. The highest BCUT2D eigenvalue weighted by atomic mass is 16.3. The molecule has 0 saturated carbocycles. The van der Waals surface area contributed by atoms with Crippen molar-refractivity contribution < 1.29 is 4.42 Å². The average molecular weight is 637 g/mol. The van der Waals surface area contributed by atoms with Crippen molar-refractivity contribution in [3.05, 3.63) is 181 Å². The molecule has 0 N–H and O–H groups in total. The Bertz CT molecular complexity index is 2870. The molecule has 0 saturated heterocycles. The SMILES string of the molecule is Cc1ccccc1-c1ccc2oc3cc(-c4ccc(-c5c6ccccc6c(-c6ccc7ccccc7c6)c6ccccc56)cc4)ccc3c2c1. The number of aryl methyl sites for hydroxylation is 1. The summed E-state index contributed by atoms with van der Waals surface area (Å²) in [5.74, 6) is 0. The first-order valence-corrected chi connectivity index (χ1v) is 17.3. The van der Waals surface area contributed by atoms with Gasteiger partial charge < -0.3 is 4.42 Å². The van der Waals surface area contributed by atoms with E-state index >= 15 is 0 Å². The van der Waals surface area contributed by atoms with Crippen LogP contribution in [0.1, 0.15) is 5.56 Å². The van der Waals surface area contributed by atoms with Gasteiger partial charge in [-0.15, -0.1) is 0 Å². The molecular weight excluding hydrogens is 605 g/mol. The molecule has 0 atom stereocenters. The molecule has 10 aromatic rings. The maximum atomic E-state index is 6.40. The van der Waals surface area contributed by atoms with Gasteiger partial charge in [-0.05, 0) is 120 Å². The summed E-state index contributed by atoms with van der Waals surface area (Å²) in [6.07, 6.45) is 0. The first kappa shape index (κ1) is 28.6. The van der Waals surface area contributed by atoms with E-state index in [4.69, 9.17) is 4.42 Å². The summed E-state index contributed by atoms with van der Waals surface area (Å²) in [6.45, 7) is 2.16. The normalized spacial score (nSPS) is 11.7. The minimum Gasteiger partial charge on any atom is -0.456 e. The number of hydrogen-bond donors (Lipinski definition) is 0. The zero-order chi connectivity index (χ0) is 33.2. The van der Waals surface area contributed by atoms with Gasteiger partial charge in [0.2, 0.25) is 0 Å². The van der Waals surface area contributed by atoms with Crippen LogP contribution in [0.15, 0.2) is 180 Å². The van der Waals surface area contributed by atoms with Crippen molar-refractivity contribution in [1.29, 1.82) is 0 Å². The lowest BCUT2D eigenvalue weighted by Gasteiger charge is -2.18. The van der Waals surface area contributed by atoms with E-state index in [0.29, 0.717) is 0 Å². The van der Waals surface area contributed by atoms with Gasteiger partial charge in [0.25, 0.3) is 0 Å². The molecule has 1 nitrogen and oxygen atoms in total. The molecular formula is C49H32O. The van der Waals surface area contributed by atoms with E-state index in [1.165, 1.54) is 71.3 Å². The number of hydrogen-bond acceptors (Lipinski definition) is 1. The molecule has 0 amide bonds. The standard InChI is InChI=1S/C49H32O/c1-31-10-2-5-13-39(31)37-25-27-46-45(29-37)40-26-24-36(30-47(40)50-46)33-18-21-34(22-19-33)48-41-14-6-8-16-43(41)49(44-17-9-7-15-42(44)48)38-23-20-32-11-3-4-12-35(32)28-38/h2-30H,1H3. The van der Waals surface area contributed by atoms with Gasteiger partial charge in [-0.2, -0.15) is 0 Å². The Kier molecular flexibility index (Phi) is 6.47. The predicted octanol–water partition coefficient (Wildman–Crippen LogP) is 14.0. The molecule has 0 unspecified atom stereocenters. The molecule has 1 heteroatoms. The first-order chi connectivity index (χ1) is 24.7. The van der Waals surface area contributed by atoms with Crippen LogP contribution < -0.4 is 0 Å². The Hall–Kier alpha value is -6.44. The lowest BCUT2D eigenvalue weighted by Crippen LogP contribution is -1.91. The quantitative estimate of drug-likeness (QED) is 0.175. The molecule has 0 spiro atoms. The largest absolute Gasteiger partial charge is 0.456 e. The fourth-order valence-electron chi connectivity index (χ4n) is 7.95. The topological polar surface area (TPSA) is 13.1 Å². The third kappa shape index (κ3) is 4.55. The van der Waals surface area contributed by atoms with Gasteiger partial charge in [0.1, 0.15) is 11.2 Å². The molecule has 50 heavy (non-hydrogen) atoms. The van der Waals surface area contributed by atoms with E-state index in [1.54, 1.807) is 0 Å². The van der Waals surface area contributed by atoms with Crippen molar-refractivity contribution in [1.82, 2.24) is 0 Å². The van der Waals surface area contributed by atoms with Crippen LogP contribution in [0.4, 0.5) is 0 Å². The third-order valence-electron chi connectivity index (χ3n) is 10.4. The zero-order valence-electron chi connectivity index (χ0n) is 27.7. The number of furan rings is 1. The van der Waals surface area contributed by atoms with Crippen molar-refractivity contribution in [2.24, 2.45) is 0 Å². The summed E-state index contributed by atoms with van der Waals surface area (Å²) in [4.78, 5) is 0. The smallest absolute Gasteiger partial charge is 0.136 e. The summed E-state index contributed by atoms with van der Waals surface area (Å²) < 4.78 is 6.40. The van der Waals surface area contributed by atoms with E-state index in [-0.39, 0.29) is 0 Å². The summed E-state index contributed by atoms with van der Waals surface area (Å²) in [7, 11) is 0. The van der Waals surface area contributed by atoms with Crippen LogP contribution >= 0.6 is 0 Å². The van der Waals surface area contributed by atoms with E-state index in [2.05, 4.69) is 183 Å². The average Bonchev–Trinajstić information content (AvgIpc) is 3.54. The van der Waals surface area contributed by atoms with Crippen LogP contribution in [0.3, 0.4) is 0 Å². The van der Waals surface area contributed by atoms with Crippen LogP contribution in [0, 0.1) is 6.92 Å². The van der Waals surface area contributed by atoms with Crippen molar-refractivity contribution >= 4 is 54.3 Å². The Labute approximate surface area is 290 Å². The maximum absolute atomic E-state index is 6.40. The fraction of sp³-hybridized carbons (Fsp3) is 0.0204. The molecule has 1 heterocycles. The minimum absolute atomic E-state index is 0.907. The van der Waals surface area contributed by atoms with Crippen LogP contribution in [0.5, 0.6) is 0 Å². The summed E-state index contributed by atoms with van der Waals surface area (Å²) in [5.41, 5.74) is 12.9. The highest BCUT2D eigenvalue weighted by Gasteiger charge is 2.17. The second-order valence-electron chi connectivity index (χ2n) is 13.3. The minimum atomic E-state index is 0.907. The second kappa shape index (κ2) is 11.3. The van der Waals surface area contributed by atoms with Gasteiger partial charge in [0.05, 0.1) is 0 Å². The van der Waals surface area contributed by atoms with Gasteiger partial charge >= 0.3 is 0 Å². The molecule has 0 aliphatic carbocycles. The van der Waals surface area contributed by atoms with E-state index in [1.807, 2.05) is 0 Å². The van der Waals surface area contributed by atoms with Crippen molar-refractivity contribution in [3.8, 4) is 44.5 Å². The molecule has 0 bridgehead atoms. The fourth-order valence-corrected chi connectivity index (χ4v) is 7.95. The lowest BCUT2D eigenvalue weighted by molar-refractivity contribution is 0.669. The second-order valence-corrected chi connectivity index (χ2v) is 13.3. The van der Waals surface area contributed by atoms with Gasteiger partial charge in [0.15, 0.2) is 0 Å². The van der Waals surface area contributed by atoms with Gasteiger partial charge in [0, 0.05) is 10.8 Å². The molecule has 0 radical (unpaired) electrons. The molecule has 10 rings (SSSR count). The van der Waals surface area contributed by atoms with Crippen LogP contribution in [0.2, 0.25) is 0 Å². The van der Waals surface area contributed by atoms with Crippen LogP contribution in [-0.2, 0) is 0 Å². The van der Waals surface area contributed by atoms with Crippen LogP contribution in [-0.4, -0.2) is 0 Å². The van der Waals surface area contributed by atoms with Gasteiger partial charge in [-0.3, -0.25) is 0 Å². The molecule has 0 fully saturated rings. The lowest BCUT2D eigenvalue weighted by atomic mass is 9.85. The monoisotopic (exact) mass is 636 g/mol. The maximum Gasteiger partial charge on any atom is 0.136 e.